The Kier molecular flexibility index (Phi) is 4.19. The number of aromatic amines is 1. The summed E-state index contributed by atoms with van der Waals surface area (Å²) in [5.41, 5.74) is 1.43. The second-order valence-electron chi connectivity index (χ2n) is 5.67. The predicted octanol–water partition coefficient (Wildman–Crippen LogP) is 3.87. The van der Waals surface area contributed by atoms with Gasteiger partial charge in [0, 0.05) is 10.5 Å². The first-order valence-corrected chi connectivity index (χ1v) is 8.92. The Labute approximate surface area is 139 Å². The highest BCUT2D eigenvalue weighted by molar-refractivity contribution is 7.33. The van der Waals surface area contributed by atoms with Crippen molar-refractivity contribution in [3.63, 3.8) is 0 Å². The minimum absolute atomic E-state index is 0.00357. The molecule has 1 unspecified atom stereocenters. The van der Waals surface area contributed by atoms with Crippen molar-refractivity contribution in [2.75, 3.05) is 0 Å². The highest BCUT2D eigenvalue weighted by Gasteiger charge is 2.25. The molecule has 1 aliphatic carbocycles. The average Bonchev–Trinajstić information content (AvgIpc) is 2.94. The average molecular weight is 343 g/mol. The molecule has 2 aromatic heterocycles. The lowest BCUT2D eigenvalue weighted by atomic mass is 9.85. The van der Waals surface area contributed by atoms with E-state index in [1.54, 1.807) is 30.5 Å². The molecule has 1 aliphatic rings. The van der Waals surface area contributed by atoms with E-state index in [0.717, 1.165) is 11.3 Å². The second kappa shape index (κ2) is 6.63. The van der Waals surface area contributed by atoms with Crippen molar-refractivity contribution in [3.8, 4) is 5.75 Å². The zero-order valence-corrected chi connectivity index (χ0v) is 13.8. The fraction of sp³-hybridized carbons (Fsp3) is 0.312. The van der Waals surface area contributed by atoms with Gasteiger partial charge in [0.05, 0.1) is 6.20 Å². The van der Waals surface area contributed by atoms with Crippen LogP contribution < -0.4 is 4.52 Å². The summed E-state index contributed by atoms with van der Waals surface area (Å²) in [5.74, 6) is 2.40. The summed E-state index contributed by atoms with van der Waals surface area (Å²) >= 11 is 0. The van der Waals surface area contributed by atoms with Crippen LogP contribution in [0.4, 0.5) is 0 Å². The first-order valence-electron chi connectivity index (χ1n) is 7.82. The van der Waals surface area contributed by atoms with Gasteiger partial charge in [-0.2, -0.15) is 0 Å². The van der Waals surface area contributed by atoms with Crippen LogP contribution in [0.1, 0.15) is 36.8 Å². The van der Waals surface area contributed by atoms with Crippen LogP contribution in [-0.4, -0.2) is 19.9 Å². The molecule has 2 heterocycles. The van der Waals surface area contributed by atoms with Gasteiger partial charge in [0.1, 0.15) is 11.3 Å². The van der Waals surface area contributed by atoms with Gasteiger partial charge in [-0.3, -0.25) is 0 Å². The molecule has 122 valence electrons. The molecular weight excluding hydrogens is 327 g/mol. The third-order valence-electron chi connectivity index (χ3n) is 4.02. The molecule has 24 heavy (non-hydrogen) atoms. The van der Waals surface area contributed by atoms with Gasteiger partial charge in [-0.15, -0.1) is 4.52 Å². The maximum atomic E-state index is 11.8. The minimum Gasteiger partial charge on any atom is -0.339 e. The van der Waals surface area contributed by atoms with Crippen LogP contribution >= 0.6 is 8.25 Å². The maximum Gasteiger partial charge on any atom is 0.750 e. The topological polar surface area (TPSA) is 90.0 Å². The van der Waals surface area contributed by atoms with Crippen molar-refractivity contribution in [2.45, 2.75) is 31.8 Å². The van der Waals surface area contributed by atoms with Gasteiger partial charge in [-0.1, -0.05) is 24.6 Å². The van der Waals surface area contributed by atoms with Crippen molar-refractivity contribution in [1.29, 1.82) is 0 Å². The van der Waals surface area contributed by atoms with Gasteiger partial charge in [0.15, 0.2) is 23.8 Å². The number of aromatic nitrogens is 4. The molecular formula is C16H16N4O3P+. The number of nitrogens with zero attached hydrogens (tertiary/aromatic N) is 3. The number of imidazole rings is 1. The summed E-state index contributed by atoms with van der Waals surface area (Å²) in [4.78, 5) is 16.4. The molecule has 0 radical (unpaired) electrons. The van der Waals surface area contributed by atoms with Gasteiger partial charge >= 0.3 is 8.25 Å². The lowest BCUT2D eigenvalue weighted by Gasteiger charge is -2.22. The zero-order chi connectivity index (χ0) is 16.4. The third-order valence-corrected chi connectivity index (χ3v) is 4.72. The Hall–Kier alpha value is -2.37. The van der Waals surface area contributed by atoms with E-state index in [0.29, 0.717) is 23.1 Å². The molecule has 1 atom stereocenters. The number of para-hydroxylation sites is 1. The molecule has 0 spiro atoms. The molecule has 1 fully saturated rings. The Balaban J connectivity index is 1.40. The Morgan fingerprint density at radius 3 is 2.79 bits per heavy atom. The quantitative estimate of drug-likeness (QED) is 0.683. The van der Waals surface area contributed by atoms with Gasteiger partial charge < -0.3 is 4.98 Å². The van der Waals surface area contributed by atoms with Crippen LogP contribution in [0.15, 0.2) is 36.5 Å². The molecule has 8 heteroatoms. The Morgan fingerprint density at radius 1 is 1.21 bits per heavy atom. The summed E-state index contributed by atoms with van der Waals surface area (Å²) < 4.78 is 22.2. The number of H-pyrrole nitrogens is 1. The van der Waals surface area contributed by atoms with Crippen LogP contribution in [-0.2, 0) is 15.7 Å². The summed E-state index contributed by atoms with van der Waals surface area (Å²) in [7, 11) is -2.28. The summed E-state index contributed by atoms with van der Waals surface area (Å²) in [5, 5.41) is 0. The van der Waals surface area contributed by atoms with Gasteiger partial charge in [0.25, 0.3) is 0 Å². The lowest BCUT2D eigenvalue weighted by molar-refractivity contribution is 0.269. The molecule has 0 bridgehead atoms. The standard InChI is InChI=1S/C16H16N4O3P/c21-24(23-12-7-2-1-3-8-12)22-10-14-17-9-13-16(19-14)20-15(18-13)11-5-4-6-11/h1-3,7-9,11H,4-6,10H2,(H,17,18,19,20)/q+1. The van der Waals surface area contributed by atoms with Gasteiger partial charge in [-0.05, 0) is 25.0 Å². The number of benzene rings is 1. The molecule has 0 aliphatic heterocycles. The van der Waals surface area contributed by atoms with Crippen LogP contribution in [0, 0.1) is 0 Å². The van der Waals surface area contributed by atoms with Crippen molar-refractivity contribution in [3.05, 3.63) is 48.2 Å². The van der Waals surface area contributed by atoms with E-state index < -0.39 is 8.25 Å². The minimum atomic E-state index is -2.28. The molecule has 3 aromatic rings. The SMILES string of the molecule is O=[P+](OCc1ncc2[nH]c(C3CCC3)nc2n1)Oc1ccccc1. The maximum absolute atomic E-state index is 11.8. The Bertz CT molecular complexity index is 864. The zero-order valence-electron chi connectivity index (χ0n) is 12.9. The molecule has 0 amide bonds. The van der Waals surface area contributed by atoms with Crippen molar-refractivity contribution >= 4 is 19.4 Å². The van der Waals surface area contributed by atoms with E-state index in [1.165, 1.54) is 19.3 Å². The van der Waals surface area contributed by atoms with E-state index in [9.17, 15) is 4.57 Å². The van der Waals surface area contributed by atoms with Crippen LogP contribution in [0.25, 0.3) is 11.2 Å². The highest BCUT2D eigenvalue weighted by atomic mass is 31.1. The molecule has 1 N–H and O–H groups in total. The first-order chi connectivity index (χ1) is 11.8. The predicted molar refractivity (Wildman–Crippen MR) is 87.7 cm³/mol. The third kappa shape index (κ3) is 3.27. The van der Waals surface area contributed by atoms with E-state index in [2.05, 4.69) is 19.9 Å². The normalized spacial score (nSPS) is 15.2. The van der Waals surface area contributed by atoms with Crippen LogP contribution in [0.5, 0.6) is 5.75 Å². The van der Waals surface area contributed by atoms with Gasteiger partial charge in [0.2, 0.25) is 0 Å². The molecule has 7 nitrogen and oxygen atoms in total. The summed E-state index contributed by atoms with van der Waals surface area (Å²) in [6, 6.07) is 8.88. The van der Waals surface area contributed by atoms with E-state index in [-0.39, 0.29) is 6.61 Å². The molecule has 0 saturated heterocycles. The fourth-order valence-corrected chi connectivity index (χ4v) is 3.08. The van der Waals surface area contributed by atoms with Crippen molar-refractivity contribution in [2.24, 2.45) is 0 Å². The fourth-order valence-electron chi connectivity index (χ4n) is 2.51. The van der Waals surface area contributed by atoms with E-state index in [1.807, 2.05) is 6.07 Å². The Morgan fingerprint density at radius 2 is 2.04 bits per heavy atom. The first kappa shape index (κ1) is 15.2. The smallest absolute Gasteiger partial charge is 0.339 e. The molecule has 1 saturated carbocycles. The number of rotatable bonds is 6. The van der Waals surface area contributed by atoms with E-state index in [4.69, 9.17) is 9.05 Å². The highest BCUT2D eigenvalue weighted by Crippen LogP contribution is 2.35. The second-order valence-corrected chi connectivity index (χ2v) is 6.56. The number of hydrogen-bond donors (Lipinski definition) is 1. The monoisotopic (exact) mass is 343 g/mol. The molecule has 1 aromatic carbocycles. The number of nitrogens with one attached hydrogen (secondary N) is 1. The van der Waals surface area contributed by atoms with Crippen LogP contribution in [0.2, 0.25) is 0 Å². The van der Waals surface area contributed by atoms with Gasteiger partial charge in [-0.25, -0.2) is 19.5 Å². The number of hydrogen-bond acceptors (Lipinski definition) is 6. The van der Waals surface area contributed by atoms with Crippen LogP contribution in [0.3, 0.4) is 0 Å². The van der Waals surface area contributed by atoms with Crippen molar-refractivity contribution in [1.82, 2.24) is 19.9 Å². The van der Waals surface area contributed by atoms with E-state index >= 15 is 0 Å². The lowest BCUT2D eigenvalue weighted by Crippen LogP contribution is -2.10. The molecule has 4 rings (SSSR count). The largest absolute Gasteiger partial charge is 0.750 e. The summed E-state index contributed by atoms with van der Waals surface area (Å²) in [6.45, 7) is 0.00357. The number of fused-ring (bicyclic) bond motifs is 1. The van der Waals surface area contributed by atoms with Crippen molar-refractivity contribution < 1.29 is 13.6 Å². The summed E-state index contributed by atoms with van der Waals surface area (Å²) in [6.07, 6.45) is 5.27.